The Morgan fingerprint density at radius 1 is 0.929 bits per heavy atom. The molecule has 144 valence electrons. The van der Waals surface area contributed by atoms with Gasteiger partial charge in [-0.25, -0.2) is 0 Å². The molecular weight excluding hydrogens is 371 g/mol. The minimum atomic E-state index is -0.0361. The van der Waals surface area contributed by atoms with Gasteiger partial charge in [0.1, 0.15) is 0 Å². The number of nitrogens with zero attached hydrogens (tertiary/aromatic N) is 3. The van der Waals surface area contributed by atoms with Crippen molar-refractivity contribution < 1.29 is 10.2 Å². The van der Waals surface area contributed by atoms with Crippen LogP contribution in [0.5, 0.6) is 0 Å². The number of benzene rings is 2. The molecule has 4 rings (SSSR count). The number of hydrogen-bond acceptors (Lipinski definition) is 4. The van der Waals surface area contributed by atoms with E-state index in [1.165, 1.54) is 0 Å². The third-order valence-electron chi connectivity index (χ3n) is 4.12. The number of H-pyrrole nitrogens is 1. The first-order valence-corrected chi connectivity index (χ1v) is 9.43. The molecule has 2 heterocycles. The van der Waals surface area contributed by atoms with E-state index in [2.05, 4.69) is 24.7 Å². The van der Waals surface area contributed by atoms with Crippen molar-refractivity contribution in [3.63, 3.8) is 0 Å². The van der Waals surface area contributed by atoms with Gasteiger partial charge in [0.25, 0.3) is 0 Å². The van der Waals surface area contributed by atoms with E-state index in [-0.39, 0.29) is 13.2 Å². The maximum Gasteiger partial charge on any atom is 0.0960 e. The highest BCUT2D eigenvalue weighted by Crippen LogP contribution is 2.23. The number of aromatic amines is 1. The summed E-state index contributed by atoms with van der Waals surface area (Å²) in [7, 11) is 2.46. The smallest absolute Gasteiger partial charge is 0.0960 e. The third-order valence-corrected chi connectivity index (χ3v) is 4.39. The van der Waals surface area contributed by atoms with E-state index >= 15 is 0 Å². The van der Waals surface area contributed by atoms with E-state index in [9.17, 15) is 0 Å². The molecule has 1 unspecified atom stereocenters. The number of rotatable bonds is 5. The van der Waals surface area contributed by atoms with Crippen molar-refractivity contribution in [2.24, 2.45) is 0 Å². The number of hydrogen-bond donors (Lipinski definition) is 3. The van der Waals surface area contributed by atoms with Crippen LogP contribution in [-0.4, -0.2) is 36.6 Å². The standard InChI is InChI=1S/C11H12N2O.C10H11N2OP/c14-7-6-10-8-11(13-12-10)9-4-2-1-3-5-9;13-7-10-9(6-12(14)11-10)8-4-2-1-3-5-8/h1-5,8,14H,6-7H2,(H,12,13);1-6,13H,7,14H2. The Bertz CT molecular complexity index is 984. The summed E-state index contributed by atoms with van der Waals surface area (Å²) in [5.41, 5.74) is 5.73. The normalized spacial score (nSPS) is 10.4. The number of aliphatic hydroxyl groups is 2. The predicted molar refractivity (Wildman–Crippen MR) is 114 cm³/mol. The van der Waals surface area contributed by atoms with Gasteiger partial charge in [-0.3, -0.25) is 9.55 Å². The van der Waals surface area contributed by atoms with E-state index in [1.807, 2.05) is 72.9 Å². The maximum atomic E-state index is 9.11. The van der Waals surface area contributed by atoms with Gasteiger partial charge in [0.2, 0.25) is 0 Å². The average Bonchev–Trinajstić information content (AvgIpc) is 3.36. The molecule has 2 aromatic heterocycles. The zero-order valence-corrected chi connectivity index (χ0v) is 16.5. The van der Waals surface area contributed by atoms with Gasteiger partial charge in [-0.05, 0) is 21.0 Å². The molecule has 0 aliphatic rings. The molecular formula is C21H23N4O2P. The predicted octanol–water partition coefficient (Wildman–Crippen LogP) is 3.29. The SMILES string of the molecule is OCCc1cc(-c2ccccc2)n[nH]1.OCc1nn(P)cc1-c1ccccc1. The van der Waals surface area contributed by atoms with Gasteiger partial charge in [-0.2, -0.15) is 10.2 Å². The Morgan fingerprint density at radius 3 is 2.18 bits per heavy atom. The molecule has 3 N–H and O–H groups in total. The zero-order chi connectivity index (χ0) is 19.8. The van der Waals surface area contributed by atoms with Crippen LogP contribution in [0.2, 0.25) is 0 Å². The van der Waals surface area contributed by atoms with Gasteiger partial charge in [0.05, 0.1) is 18.0 Å². The second kappa shape index (κ2) is 9.95. The van der Waals surface area contributed by atoms with E-state index < -0.39 is 0 Å². The molecule has 0 fully saturated rings. The Morgan fingerprint density at radius 2 is 1.57 bits per heavy atom. The Kier molecular flexibility index (Phi) is 7.09. The van der Waals surface area contributed by atoms with Gasteiger partial charge < -0.3 is 10.2 Å². The lowest BCUT2D eigenvalue weighted by atomic mass is 10.1. The highest BCUT2D eigenvalue weighted by atomic mass is 31.0. The minimum absolute atomic E-state index is 0.0361. The highest BCUT2D eigenvalue weighted by molar-refractivity contribution is 7.14. The molecule has 0 aliphatic carbocycles. The quantitative estimate of drug-likeness (QED) is 0.454. The van der Waals surface area contributed by atoms with E-state index in [1.54, 1.807) is 4.45 Å². The lowest BCUT2D eigenvalue weighted by molar-refractivity contribution is 0.277. The van der Waals surface area contributed by atoms with Crippen LogP contribution in [0.4, 0.5) is 0 Å². The summed E-state index contributed by atoms with van der Waals surface area (Å²) in [4.78, 5) is 0. The fourth-order valence-corrected chi connectivity index (χ4v) is 3.06. The third kappa shape index (κ3) is 5.14. The van der Waals surface area contributed by atoms with Crippen LogP contribution < -0.4 is 0 Å². The maximum absolute atomic E-state index is 9.11. The lowest BCUT2D eigenvalue weighted by Crippen LogP contribution is -1.89. The molecule has 0 saturated carbocycles. The van der Waals surface area contributed by atoms with Crippen LogP contribution in [0.3, 0.4) is 0 Å². The summed E-state index contributed by atoms with van der Waals surface area (Å²) in [6, 6.07) is 21.8. The van der Waals surface area contributed by atoms with E-state index in [4.69, 9.17) is 10.2 Å². The molecule has 0 radical (unpaired) electrons. The fraction of sp³-hybridized carbons (Fsp3) is 0.143. The lowest BCUT2D eigenvalue weighted by Gasteiger charge is -1.98. The summed E-state index contributed by atoms with van der Waals surface area (Å²) in [5.74, 6) is 0. The molecule has 7 heteroatoms. The van der Waals surface area contributed by atoms with Crippen LogP contribution in [-0.2, 0) is 13.0 Å². The van der Waals surface area contributed by atoms with Gasteiger partial charge in [-0.15, -0.1) is 0 Å². The molecule has 6 nitrogen and oxygen atoms in total. The van der Waals surface area contributed by atoms with Crippen molar-refractivity contribution in [2.45, 2.75) is 13.0 Å². The second-order valence-corrected chi connectivity index (χ2v) is 6.64. The van der Waals surface area contributed by atoms with Crippen molar-refractivity contribution >= 4 is 9.39 Å². The molecule has 4 aromatic rings. The largest absolute Gasteiger partial charge is 0.396 e. The van der Waals surface area contributed by atoms with Crippen molar-refractivity contribution in [2.75, 3.05) is 6.61 Å². The monoisotopic (exact) mass is 394 g/mol. The fourth-order valence-electron chi connectivity index (χ4n) is 2.77. The summed E-state index contributed by atoms with van der Waals surface area (Å²) >= 11 is 0. The Labute approximate surface area is 166 Å². The van der Waals surface area contributed by atoms with E-state index in [0.29, 0.717) is 12.1 Å². The minimum Gasteiger partial charge on any atom is -0.396 e. The van der Waals surface area contributed by atoms with Crippen molar-refractivity contribution in [3.8, 4) is 22.4 Å². The molecule has 0 saturated heterocycles. The second-order valence-electron chi connectivity index (χ2n) is 6.11. The van der Waals surface area contributed by atoms with Crippen LogP contribution in [0.1, 0.15) is 11.4 Å². The first-order chi connectivity index (χ1) is 13.7. The summed E-state index contributed by atoms with van der Waals surface area (Å²) in [5, 5.41) is 29.1. The summed E-state index contributed by atoms with van der Waals surface area (Å²) in [6.07, 6.45) is 2.51. The molecule has 0 bridgehead atoms. The van der Waals surface area contributed by atoms with E-state index in [0.717, 1.165) is 28.1 Å². The van der Waals surface area contributed by atoms with Gasteiger partial charge in [0, 0.05) is 36.0 Å². The Hall–Kier alpha value is -2.79. The molecule has 0 aliphatic heterocycles. The number of aromatic nitrogens is 4. The molecule has 2 aromatic carbocycles. The van der Waals surface area contributed by atoms with Crippen LogP contribution in [0.15, 0.2) is 72.9 Å². The Balaban J connectivity index is 0.000000161. The van der Waals surface area contributed by atoms with Gasteiger partial charge >= 0.3 is 0 Å². The van der Waals surface area contributed by atoms with Crippen LogP contribution >= 0.6 is 9.39 Å². The highest BCUT2D eigenvalue weighted by Gasteiger charge is 2.07. The molecule has 28 heavy (non-hydrogen) atoms. The molecule has 0 amide bonds. The van der Waals surface area contributed by atoms with Gasteiger partial charge in [-0.1, -0.05) is 60.7 Å². The summed E-state index contributed by atoms with van der Waals surface area (Å²) < 4.78 is 1.63. The van der Waals surface area contributed by atoms with Crippen LogP contribution in [0.25, 0.3) is 22.4 Å². The number of aliphatic hydroxyl groups excluding tert-OH is 2. The van der Waals surface area contributed by atoms with Crippen LogP contribution in [0, 0.1) is 0 Å². The average molecular weight is 394 g/mol. The first kappa shape index (κ1) is 20.0. The number of nitrogens with one attached hydrogen (secondary N) is 1. The zero-order valence-electron chi connectivity index (χ0n) is 15.4. The topological polar surface area (TPSA) is 87.0 Å². The van der Waals surface area contributed by atoms with Crippen molar-refractivity contribution in [1.82, 2.24) is 19.7 Å². The molecule has 1 atom stereocenters. The first-order valence-electron chi connectivity index (χ1n) is 8.91. The van der Waals surface area contributed by atoms with Crippen molar-refractivity contribution in [1.29, 1.82) is 0 Å². The van der Waals surface area contributed by atoms with Gasteiger partial charge in [0.15, 0.2) is 0 Å². The van der Waals surface area contributed by atoms with Crippen molar-refractivity contribution in [3.05, 3.63) is 84.3 Å². The summed E-state index contributed by atoms with van der Waals surface area (Å²) in [6.45, 7) is 0.113. The molecule has 0 spiro atoms.